The van der Waals surface area contributed by atoms with Crippen LogP contribution in [0.1, 0.15) is 33.6 Å². The second kappa shape index (κ2) is 5.21. The first-order valence-corrected chi connectivity index (χ1v) is 8.74. The highest BCUT2D eigenvalue weighted by Gasteiger charge is 2.61. The van der Waals surface area contributed by atoms with Gasteiger partial charge < -0.3 is 19.7 Å². The van der Waals surface area contributed by atoms with E-state index in [0.29, 0.717) is 25.0 Å². The highest BCUT2D eigenvalue weighted by atomic mass is 32.2. The van der Waals surface area contributed by atoms with Gasteiger partial charge in [-0.3, -0.25) is 0 Å². The molecule has 0 unspecified atom stereocenters. The van der Waals surface area contributed by atoms with E-state index in [9.17, 15) is 13.0 Å². The van der Waals surface area contributed by atoms with Gasteiger partial charge in [-0.25, -0.2) is 8.42 Å². The number of nitrogens with two attached hydrogens (primary N) is 1. The zero-order chi connectivity index (χ0) is 15.2. The molecule has 7 heteroatoms. The third kappa shape index (κ3) is 2.87. The smallest absolute Gasteiger partial charge is 0.154 e. The molecule has 0 aromatic carbocycles. The molecule has 3 aliphatic rings. The molecule has 0 amide bonds. The molecule has 2 saturated heterocycles. The van der Waals surface area contributed by atoms with Crippen molar-refractivity contribution in [1.29, 1.82) is 0 Å². The predicted molar refractivity (Wildman–Crippen MR) is 72.0 cm³/mol. The summed E-state index contributed by atoms with van der Waals surface area (Å²) >= 11 is 0. The maximum absolute atomic E-state index is 10.8. The van der Waals surface area contributed by atoms with Crippen LogP contribution < -0.4 is 5.32 Å². The van der Waals surface area contributed by atoms with Gasteiger partial charge in [-0.2, -0.15) is 0 Å². The molecule has 20 heavy (non-hydrogen) atoms. The fourth-order valence-corrected chi connectivity index (χ4v) is 4.56. The first-order chi connectivity index (χ1) is 9.07. The summed E-state index contributed by atoms with van der Waals surface area (Å²) in [5.74, 6) is 0.0352. The van der Waals surface area contributed by atoms with Crippen LogP contribution in [0, 0.1) is 11.3 Å². The lowest BCUT2D eigenvalue weighted by molar-refractivity contribution is -0.757. The minimum Gasteiger partial charge on any atom is -0.748 e. The van der Waals surface area contributed by atoms with E-state index in [-0.39, 0.29) is 17.3 Å². The van der Waals surface area contributed by atoms with Gasteiger partial charge in [-0.15, -0.1) is 0 Å². The third-order valence-electron chi connectivity index (χ3n) is 5.42. The molecule has 2 heterocycles. The fraction of sp³-hybridized carbons (Fsp3) is 1.00. The normalized spacial score (nSPS) is 41.8. The minimum absolute atomic E-state index is 0.0231. The Labute approximate surface area is 120 Å². The average molecular weight is 307 g/mol. The molecule has 0 radical (unpaired) electrons. The van der Waals surface area contributed by atoms with Crippen molar-refractivity contribution in [1.82, 2.24) is 0 Å². The lowest BCUT2D eigenvalue weighted by Crippen LogP contribution is -3.03. The summed E-state index contributed by atoms with van der Waals surface area (Å²) in [6.45, 7) is 7.53. The number of quaternary nitrogens is 1. The summed E-state index contributed by atoms with van der Waals surface area (Å²) in [6, 6.07) is 0.463. The van der Waals surface area contributed by atoms with Gasteiger partial charge in [-0.05, 0) is 31.1 Å². The van der Waals surface area contributed by atoms with Crippen LogP contribution in [0.2, 0.25) is 0 Å². The fourth-order valence-electron chi connectivity index (χ4n) is 3.39. The van der Waals surface area contributed by atoms with E-state index in [1.165, 1.54) is 0 Å². The molecule has 3 fully saturated rings. The Morgan fingerprint density at radius 1 is 1.45 bits per heavy atom. The first-order valence-electron chi connectivity index (χ1n) is 7.16. The van der Waals surface area contributed by atoms with Gasteiger partial charge >= 0.3 is 0 Å². The molecule has 2 aliphatic heterocycles. The summed E-state index contributed by atoms with van der Waals surface area (Å²) < 4.78 is 38.0. The van der Waals surface area contributed by atoms with E-state index in [1.807, 2.05) is 20.8 Å². The summed E-state index contributed by atoms with van der Waals surface area (Å²) in [5, 5.41) is 10.8. The molecule has 0 spiro atoms. The predicted octanol–water partition coefficient (Wildman–Crippen LogP) is -0.950. The molecule has 3 rings (SSSR count). The zero-order valence-corrected chi connectivity index (χ0v) is 13.1. The van der Waals surface area contributed by atoms with Crippen molar-refractivity contribution in [3.8, 4) is 0 Å². The molecule has 2 bridgehead atoms. The lowest BCUT2D eigenvalue weighted by Gasteiger charge is -2.37. The van der Waals surface area contributed by atoms with Crippen LogP contribution >= 0.6 is 0 Å². The second-order valence-corrected chi connectivity index (χ2v) is 8.27. The summed E-state index contributed by atoms with van der Waals surface area (Å²) in [7, 11) is -4.20. The van der Waals surface area contributed by atoms with E-state index < -0.39 is 15.7 Å². The van der Waals surface area contributed by atoms with Gasteiger partial charge in [-0.1, -0.05) is 13.8 Å². The Hall–Kier alpha value is -0.210. The summed E-state index contributed by atoms with van der Waals surface area (Å²) in [5.41, 5.74) is -0.886. The highest BCUT2D eigenvalue weighted by molar-refractivity contribution is 7.85. The van der Waals surface area contributed by atoms with E-state index in [4.69, 9.17) is 9.84 Å². The van der Waals surface area contributed by atoms with Gasteiger partial charge in [0.1, 0.15) is 12.6 Å². The number of fused-ring (bicyclic) bond motifs is 2. The van der Waals surface area contributed by atoms with Crippen LogP contribution in [0.3, 0.4) is 0 Å². The number of hydrogen-bond donors (Lipinski definition) is 2. The SMILES string of the molecule is CC1(C)[C@H]2CC[C@@]1(CS(=O)(=O)[O-])OC2.C[C@@H]1[NH2+]C[C@H]1O. The molecule has 0 aromatic heterocycles. The van der Waals surface area contributed by atoms with Crippen molar-refractivity contribution in [3.05, 3.63) is 0 Å². The molecule has 3 N–H and O–H groups in total. The molecule has 1 aliphatic carbocycles. The van der Waals surface area contributed by atoms with Gasteiger partial charge in [0.2, 0.25) is 0 Å². The van der Waals surface area contributed by atoms with E-state index >= 15 is 0 Å². The van der Waals surface area contributed by atoms with Crippen LogP contribution in [0.25, 0.3) is 0 Å². The van der Waals surface area contributed by atoms with E-state index in [0.717, 1.165) is 13.0 Å². The molecule has 0 aromatic rings. The number of rotatable bonds is 2. The van der Waals surface area contributed by atoms with Crippen LogP contribution in [-0.2, 0) is 14.9 Å². The first kappa shape index (κ1) is 16.2. The third-order valence-corrected chi connectivity index (χ3v) is 6.24. The summed E-state index contributed by atoms with van der Waals surface area (Å²) in [6.07, 6.45) is 1.65. The Bertz CT molecular complexity index is 445. The van der Waals surface area contributed by atoms with Crippen molar-refractivity contribution in [2.75, 3.05) is 18.9 Å². The topological polar surface area (TPSA) is 103 Å². The Morgan fingerprint density at radius 2 is 2.05 bits per heavy atom. The van der Waals surface area contributed by atoms with E-state index in [2.05, 4.69) is 5.32 Å². The Morgan fingerprint density at radius 3 is 2.25 bits per heavy atom. The van der Waals surface area contributed by atoms with Crippen LogP contribution in [0.15, 0.2) is 0 Å². The molecular formula is C13H25NO5S. The van der Waals surface area contributed by atoms with Gasteiger partial charge in [0.15, 0.2) is 6.10 Å². The maximum Gasteiger partial charge on any atom is 0.154 e. The lowest BCUT2D eigenvalue weighted by atomic mass is 9.76. The highest BCUT2D eigenvalue weighted by Crippen LogP contribution is 2.57. The zero-order valence-electron chi connectivity index (χ0n) is 12.3. The number of aliphatic hydroxyl groups is 1. The molecular weight excluding hydrogens is 282 g/mol. The maximum atomic E-state index is 10.8. The number of hydrogen-bond acceptors (Lipinski definition) is 5. The molecule has 4 atom stereocenters. The largest absolute Gasteiger partial charge is 0.748 e. The minimum atomic E-state index is -4.20. The molecule has 118 valence electrons. The van der Waals surface area contributed by atoms with Gasteiger partial charge in [0.05, 0.1) is 28.1 Å². The van der Waals surface area contributed by atoms with Crippen LogP contribution in [0.5, 0.6) is 0 Å². The second-order valence-electron chi connectivity index (χ2n) is 6.86. The Kier molecular flexibility index (Phi) is 4.21. The van der Waals surface area contributed by atoms with Crippen molar-refractivity contribution < 1.29 is 28.1 Å². The van der Waals surface area contributed by atoms with Crippen molar-refractivity contribution in [2.45, 2.75) is 51.4 Å². The number of ether oxygens (including phenoxy) is 1. The Balaban J connectivity index is 0.000000205. The van der Waals surface area contributed by atoms with Gasteiger partial charge in [0, 0.05) is 0 Å². The van der Waals surface area contributed by atoms with Crippen LogP contribution in [-0.4, -0.2) is 54.7 Å². The van der Waals surface area contributed by atoms with Gasteiger partial charge in [0.25, 0.3) is 0 Å². The average Bonchev–Trinajstić information content (AvgIpc) is 2.71. The van der Waals surface area contributed by atoms with Crippen LogP contribution in [0.4, 0.5) is 0 Å². The standard InChI is InChI=1S/C9H16O4S.C4H9NO/c1-8(2)7-3-4-9(8,13-5-7)6-14(10,11)12;1-3-4(6)2-5-3/h7H,3-6H2,1-2H3,(H,10,11,12);3-6H,2H2,1H3/t7-,9-;3-,4+/m00/s1. The van der Waals surface area contributed by atoms with E-state index in [1.54, 1.807) is 0 Å². The number of aliphatic hydroxyl groups excluding tert-OH is 1. The molecule has 6 nitrogen and oxygen atoms in total. The van der Waals surface area contributed by atoms with Crippen molar-refractivity contribution in [3.63, 3.8) is 0 Å². The molecule has 1 saturated carbocycles. The quantitative estimate of drug-likeness (QED) is 0.640. The van der Waals surface area contributed by atoms with Crippen molar-refractivity contribution in [2.24, 2.45) is 11.3 Å². The monoisotopic (exact) mass is 307 g/mol. The summed E-state index contributed by atoms with van der Waals surface area (Å²) in [4.78, 5) is 0. The van der Waals surface area contributed by atoms with Crippen molar-refractivity contribution >= 4 is 10.1 Å².